The van der Waals surface area contributed by atoms with Crippen molar-refractivity contribution in [2.75, 3.05) is 6.61 Å². The summed E-state index contributed by atoms with van der Waals surface area (Å²) in [5, 5.41) is 8.92. The molecule has 1 aromatic rings. The maximum absolute atomic E-state index is 13.4. The Bertz CT molecular complexity index is 283. The molecule has 14 heavy (non-hydrogen) atoms. The topological polar surface area (TPSA) is 20.2 Å². The lowest BCUT2D eigenvalue weighted by molar-refractivity contribution is 0.259. The fourth-order valence-electron chi connectivity index (χ4n) is 1.76. The first-order chi connectivity index (χ1) is 6.66. The Morgan fingerprint density at radius 3 is 2.43 bits per heavy atom. The third kappa shape index (κ3) is 2.55. The van der Waals surface area contributed by atoms with E-state index in [1.165, 1.54) is 6.07 Å². The molecule has 1 rings (SSSR count). The molecule has 0 spiro atoms. The van der Waals surface area contributed by atoms with E-state index in [1.807, 2.05) is 19.9 Å². The molecule has 0 saturated carbocycles. The van der Waals surface area contributed by atoms with Crippen LogP contribution in [-0.4, -0.2) is 11.7 Å². The van der Waals surface area contributed by atoms with Crippen LogP contribution in [0.2, 0.25) is 0 Å². The molecule has 0 heterocycles. The minimum absolute atomic E-state index is 0.108. The highest BCUT2D eigenvalue weighted by Gasteiger charge is 2.18. The zero-order valence-electron chi connectivity index (χ0n) is 8.70. The highest BCUT2D eigenvalue weighted by atomic mass is 19.1. The Balaban J connectivity index is 2.93. The molecule has 0 aliphatic rings. The number of aliphatic hydroxyl groups is 1. The van der Waals surface area contributed by atoms with Crippen molar-refractivity contribution in [3.05, 3.63) is 35.6 Å². The number of benzene rings is 1. The van der Waals surface area contributed by atoms with E-state index in [-0.39, 0.29) is 18.3 Å². The van der Waals surface area contributed by atoms with Gasteiger partial charge in [0.2, 0.25) is 0 Å². The molecule has 0 amide bonds. The summed E-state index contributed by atoms with van der Waals surface area (Å²) in [6, 6.07) is 6.80. The van der Waals surface area contributed by atoms with Crippen molar-refractivity contribution in [3.63, 3.8) is 0 Å². The van der Waals surface area contributed by atoms with Crippen molar-refractivity contribution >= 4 is 0 Å². The smallest absolute Gasteiger partial charge is 0.126 e. The first-order valence-electron chi connectivity index (χ1n) is 5.02. The highest BCUT2D eigenvalue weighted by molar-refractivity contribution is 5.22. The van der Waals surface area contributed by atoms with E-state index in [0.29, 0.717) is 12.3 Å². The van der Waals surface area contributed by atoms with Crippen molar-refractivity contribution in [3.8, 4) is 0 Å². The largest absolute Gasteiger partial charge is 0.396 e. The van der Waals surface area contributed by atoms with Gasteiger partial charge in [0.1, 0.15) is 5.82 Å². The van der Waals surface area contributed by atoms with Crippen molar-refractivity contribution in [2.45, 2.75) is 26.2 Å². The third-order valence-electron chi connectivity index (χ3n) is 2.55. The van der Waals surface area contributed by atoms with Crippen LogP contribution in [0.3, 0.4) is 0 Å². The van der Waals surface area contributed by atoms with Gasteiger partial charge in [-0.1, -0.05) is 32.0 Å². The van der Waals surface area contributed by atoms with Gasteiger partial charge in [0.25, 0.3) is 0 Å². The number of aliphatic hydroxyl groups excluding tert-OH is 1. The van der Waals surface area contributed by atoms with E-state index in [9.17, 15) is 4.39 Å². The first kappa shape index (κ1) is 11.2. The molecule has 1 nitrogen and oxygen atoms in total. The SMILES string of the molecule is CC(C)C(CCO)c1ccccc1F. The summed E-state index contributed by atoms with van der Waals surface area (Å²) in [5.74, 6) is 0.292. The number of hydrogen-bond acceptors (Lipinski definition) is 1. The molecule has 78 valence electrons. The Morgan fingerprint density at radius 1 is 1.29 bits per heavy atom. The van der Waals surface area contributed by atoms with E-state index in [0.717, 1.165) is 5.56 Å². The van der Waals surface area contributed by atoms with Crippen LogP contribution in [0.4, 0.5) is 4.39 Å². The van der Waals surface area contributed by atoms with Crippen LogP contribution in [0.25, 0.3) is 0 Å². The summed E-state index contributed by atoms with van der Waals surface area (Å²) in [6.45, 7) is 4.21. The molecule has 0 bridgehead atoms. The van der Waals surface area contributed by atoms with Gasteiger partial charge in [-0.2, -0.15) is 0 Å². The van der Waals surface area contributed by atoms with Crippen molar-refractivity contribution < 1.29 is 9.50 Å². The minimum atomic E-state index is -0.167. The van der Waals surface area contributed by atoms with Gasteiger partial charge in [-0.05, 0) is 29.9 Å². The van der Waals surface area contributed by atoms with Crippen LogP contribution in [0.5, 0.6) is 0 Å². The lowest BCUT2D eigenvalue weighted by Crippen LogP contribution is -2.10. The van der Waals surface area contributed by atoms with Gasteiger partial charge in [0.15, 0.2) is 0 Å². The summed E-state index contributed by atoms with van der Waals surface area (Å²) in [5.41, 5.74) is 0.719. The van der Waals surface area contributed by atoms with Crippen LogP contribution in [-0.2, 0) is 0 Å². The zero-order valence-corrected chi connectivity index (χ0v) is 8.70. The Hall–Kier alpha value is -0.890. The molecule has 0 aliphatic heterocycles. The van der Waals surface area contributed by atoms with E-state index in [4.69, 9.17) is 5.11 Å². The molecule has 0 saturated heterocycles. The van der Waals surface area contributed by atoms with Crippen molar-refractivity contribution in [2.24, 2.45) is 5.92 Å². The minimum Gasteiger partial charge on any atom is -0.396 e. The second-order valence-electron chi connectivity index (χ2n) is 3.88. The van der Waals surface area contributed by atoms with Crippen LogP contribution >= 0.6 is 0 Å². The number of rotatable bonds is 4. The monoisotopic (exact) mass is 196 g/mol. The second kappa shape index (κ2) is 5.11. The van der Waals surface area contributed by atoms with E-state index >= 15 is 0 Å². The molecule has 1 unspecified atom stereocenters. The summed E-state index contributed by atoms with van der Waals surface area (Å²) in [7, 11) is 0. The zero-order chi connectivity index (χ0) is 10.6. The molecule has 1 atom stereocenters. The van der Waals surface area contributed by atoms with Gasteiger partial charge >= 0.3 is 0 Å². The molecule has 0 radical (unpaired) electrons. The van der Waals surface area contributed by atoms with Gasteiger partial charge < -0.3 is 5.11 Å². The fourth-order valence-corrected chi connectivity index (χ4v) is 1.76. The lowest BCUT2D eigenvalue weighted by Gasteiger charge is -2.20. The Labute approximate surface area is 84.6 Å². The molecule has 0 aromatic heterocycles. The fraction of sp³-hybridized carbons (Fsp3) is 0.500. The predicted molar refractivity (Wildman–Crippen MR) is 55.7 cm³/mol. The molecular weight excluding hydrogens is 179 g/mol. The van der Waals surface area contributed by atoms with E-state index in [1.54, 1.807) is 12.1 Å². The third-order valence-corrected chi connectivity index (χ3v) is 2.55. The molecule has 1 aromatic carbocycles. The Morgan fingerprint density at radius 2 is 1.93 bits per heavy atom. The van der Waals surface area contributed by atoms with Crippen LogP contribution in [0.15, 0.2) is 24.3 Å². The maximum Gasteiger partial charge on any atom is 0.126 e. The van der Waals surface area contributed by atoms with Gasteiger partial charge in [-0.3, -0.25) is 0 Å². The van der Waals surface area contributed by atoms with Gasteiger partial charge in [-0.15, -0.1) is 0 Å². The van der Waals surface area contributed by atoms with Crippen LogP contribution < -0.4 is 0 Å². The van der Waals surface area contributed by atoms with Gasteiger partial charge in [-0.25, -0.2) is 4.39 Å². The maximum atomic E-state index is 13.4. The van der Waals surface area contributed by atoms with E-state index in [2.05, 4.69) is 0 Å². The summed E-state index contributed by atoms with van der Waals surface area (Å²) < 4.78 is 13.4. The van der Waals surface area contributed by atoms with Crippen molar-refractivity contribution in [1.29, 1.82) is 0 Å². The van der Waals surface area contributed by atoms with Crippen molar-refractivity contribution in [1.82, 2.24) is 0 Å². The summed E-state index contributed by atoms with van der Waals surface area (Å²) >= 11 is 0. The molecule has 1 N–H and O–H groups in total. The Kier molecular flexibility index (Phi) is 4.08. The molecule has 0 aliphatic carbocycles. The lowest BCUT2D eigenvalue weighted by atomic mass is 9.86. The second-order valence-corrected chi connectivity index (χ2v) is 3.88. The first-order valence-corrected chi connectivity index (χ1v) is 5.02. The van der Waals surface area contributed by atoms with Crippen LogP contribution in [0, 0.1) is 11.7 Å². The number of hydrogen-bond donors (Lipinski definition) is 1. The van der Waals surface area contributed by atoms with E-state index < -0.39 is 0 Å². The van der Waals surface area contributed by atoms with Gasteiger partial charge in [0.05, 0.1) is 0 Å². The quantitative estimate of drug-likeness (QED) is 0.785. The predicted octanol–water partition coefficient (Wildman–Crippen LogP) is 2.95. The molecule has 0 fully saturated rings. The highest BCUT2D eigenvalue weighted by Crippen LogP contribution is 2.29. The normalized spacial score (nSPS) is 13.2. The van der Waals surface area contributed by atoms with Crippen LogP contribution in [0.1, 0.15) is 31.7 Å². The summed E-state index contributed by atoms with van der Waals surface area (Å²) in [4.78, 5) is 0. The molecular formula is C12H17FO. The van der Waals surface area contributed by atoms with Gasteiger partial charge in [0, 0.05) is 6.61 Å². The summed E-state index contributed by atoms with van der Waals surface area (Å²) in [6.07, 6.45) is 0.624. The average molecular weight is 196 g/mol. The average Bonchev–Trinajstić information content (AvgIpc) is 2.15. The molecule has 2 heteroatoms. The standard InChI is InChI=1S/C12H17FO/c1-9(2)10(7-8-14)11-5-3-4-6-12(11)13/h3-6,9-10,14H,7-8H2,1-2H3. The number of halogens is 1.